The number of carbonyl (C=O) groups is 1. The molecule has 0 radical (unpaired) electrons. The number of aryl methyl sites for hydroxylation is 1. The van der Waals surface area contributed by atoms with Crippen molar-refractivity contribution in [2.45, 2.75) is 46.5 Å². The second kappa shape index (κ2) is 5.66. The van der Waals surface area contributed by atoms with Crippen LogP contribution >= 0.6 is 0 Å². The average Bonchev–Trinajstić information content (AvgIpc) is 2.38. The molecule has 106 valence electrons. The van der Waals surface area contributed by atoms with Crippen LogP contribution in [0.3, 0.4) is 0 Å². The molecule has 1 saturated carbocycles. The minimum Gasteiger partial charge on any atom is -0.325 e. The van der Waals surface area contributed by atoms with E-state index in [0.29, 0.717) is 11.3 Å². The summed E-state index contributed by atoms with van der Waals surface area (Å²) in [5.41, 5.74) is 2.14. The lowest BCUT2D eigenvalue weighted by Crippen LogP contribution is -2.37. The van der Waals surface area contributed by atoms with Gasteiger partial charge in [0.05, 0.1) is 11.3 Å². The van der Waals surface area contributed by atoms with Crippen LogP contribution in [0.5, 0.6) is 0 Å². The van der Waals surface area contributed by atoms with Gasteiger partial charge in [0.25, 0.3) is 0 Å². The van der Waals surface area contributed by atoms with Crippen LogP contribution in [-0.4, -0.2) is 5.91 Å². The maximum Gasteiger partial charge on any atom is 0.228 e. The average molecular weight is 270 g/mol. The van der Waals surface area contributed by atoms with E-state index in [1.807, 2.05) is 19.1 Å². The predicted molar refractivity (Wildman–Crippen MR) is 80.3 cm³/mol. The van der Waals surface area contributed by atoms with E-state index >= 15 is 0 Å². The topological polar surface area (TPSA) is 52.9 Å². The first kappa shape index (κ1) is 14.6. The van der Waals surface area contributed by atoms with E-state index < -0.39 is 0 Å². The van der Waals surface area contributed by atoms with Crippen molar-refractivity contribution < 1.29 is 4.79 Å². The van der Waals surface area contributed by atoms with Gasteiger partial charge < -0.3 is 5.32 Å². The van der Waals surface area contributed by atoms with Crippen LogP contribution in [0, 0.1) is 29.6 Å². The third kappa shape index (κ3) is 2.85. The van der Waals surface area contributed by atoms with E-state index in [2.05, 4.69) is 25.2 Å². The summed E-state index contributed by atoms with van der Waals surface area (Å²) in [5.74, 6) is 0.0834. The van der Waals surface area contributed by atoms with Gasteiger partial charge in [-0.05, 0) is 36.8 Å². The molecule has 1 aliphatic rings. The Hall–Kier alpha value is -1.82. The Morgan fingerprint density at radius 2 is 2.15 bits per heavy atom. The van der Waals surface area contributed by atoms with Crippen LogP contribution in [0.25, 0.3) is 0 Å². The van der Waals surface area contributed by atoms with Gasteiger partial charge in [0.2, 0.25) is 5.91 Å². The molecule has 1 N–H and O–H groups in total. The smallest absolute Gasteiger partial charge is 0.228 e. The number of nitrogens with one attached hydrogen (secondary N) is 1. The van der Waals surface area contributed by atoms with Crippen LogP contribution in [0.4, 0.5) is 5.69 Å². The third-order valence-corrected chi connectivity index (χ3v) is 4.47. The maximum atomic E-state index is 12.5. The van der Waals surface area contributed by atoms with E-state index in [1.54, 1.807) is 6.07 Å². The van der Waals surface area contributed by atoms with Gasteiger partial charge in [-0.3, -0.25) is 4.79 Å². The zero-order valence-electron chi connectivity index (χ0n) is 12.5. The van der Waals surface area contributed by atoms with Crippen molar-refractivity contribution in [2.24, 2.45) is 11.3 Å². The van der Waals surface area contributed by atoms with Crippen molar-refractivity contribution in [1.29, 1.82) is 5.26 Å². The molecule has 0 bridgehead atoms. The molecule has 20 heavy (non-hydrogen) atoms. The zero-order valence-corrected chi connectivity index (χ0v) is 12.5. The summed E-state index contributed by atoms with van der Waals surface area (Å²) >= 11 is 0. The molecule has 0 spiro atoms. The summed E-state index contributed by atoms with van der Waals surface area (Å²) in [6.07, 6.45) is 4.33. The minimum atomic E-state index is 0.0308. The molecule has 1 aliphatic carbocycles. The Labute approximate surface area is 121 Å². The molecule has 0 saturated heterocycles. The summed E-state index contributed by atoms with van der Waals surface area (Å²) in [6.45, 7) is 6.22. The number of rotatable bonds is 2. The van der Waals surface area contributed by atoms with Gasteiger partial charge in [-0.2, -0.15) is 5.26 Å². The molecule has 1 amide bonds. The molecule has 0 aromatic heterocycles. The van der Waals surface area contributed by atoms with Gasteiger partial charge >= 0.3 is 0 Å². The van der Waals surface area contributed by atoms with Gasteiger partial charge in [0.1, 0.15) is 6.07 Å². The minimum absolute atomic E-state index is 0.0308. The number of anilines is 1. The second-order valence-electron chi connectivity index (χ2n) is 6.39. The van der Waals surface area contributed by atoms with Crippen LogP contribution in [0.2, 0.25) is 0 Å². The van der Waals surface area contributed by atoms with Crippen molar-refractivity contribution in [3.8, 4) is 6.07 Å². The fourth-order valence-electron chi connectivity index (χ4n) is 3.12. The number of carbonyl (C=O) groups excluding carboxylic acids is 1. The molecule has 1 fully saturated rings. The first-order valence-electron chi connectivity index (χ1n) is 7.26. The number of benzene rings is 1. The second-order valence-corrected chi connectivity index (χ2v) is 6.39. The Morgan fingerprint density at radius 3 is 2.80 bits per heavy atom. The van der Waals surface area contributed by atoms with Crippen molar-refractivity contribution in [1.82, 2.24) is 0 Å². The first-order valence-corrected chi connectivity index (χ1v) is 7.26. The molecular formula is C17H22N2O. The highest BCUT2D eigenvalue weighted by atomic mass is 16.1. The SMILES string of the molecule is Cc1cccc(NC(=O)C2CCCCC2(C)C)c1C#N. The Balaban J connectivity index is 2.20. The van der Waals surface area contributed by atoms with Crippen LogP contribution < -0.4 is 5.32 Å². The van der Waals surface area contributed by atoms with Crippen molar-refractivity contribution in [3.63, 3.8) is 0 Å². The lowest BCUT2D eigenvalue weighted by Gasteiger charge is -2.37. The molecule has 3 nitrogen and oxygen atoms in total. The predicted octanol–water partition coefficient (Wildman–Crippen LogP) is 4.02. The number of nitrogens with zero attached hydrogens (tertiary/aromatic N) is 1. The Kier molecular flexibility index (Phi) is 4.13. The molecule has 1 unspecified atom stereocenters. The summed E-state index contributed by atoms with van der Waals surface area (Å²) in [4.78, 5) is 12.5. The molecule has 2 rings (SSSR count). The molecule has 1 atom stereocenters. The molecule has 1 aromatic rings. The summed E-state index contributed by atoms with van der Waals surface area (Å²) in [6, 6.07) is 7.74. The molecule has 3 heteroatoms. The number of hydrogen-bond acceptors (Lipinski definition) is 2. The van der Waals surface area contributed by atoms with Crippen molar-refractivity contribution in [3.05, 3.63) is 29.3 Å². The van der Waals surface area contributed by atoms with E-state index in [0.717, 1.165) is 24.8 Å². The van der Waals surface area contributed by atoms with Crippen molar-refractivity contribution in [2.75, 3.05) is 5.32 Å². The Bertz CT molecular complexity index is 555. The lowest BCUT2D eigenvalue weighted by atomic mass is 9.68. The molecular weight excluding hydrogens is 248 g/mol. The van der Waals surface area contributed by atoms with Gasteiger partial charge in [-0.1, -0.05) is 38.8 Å². The highest BCUT2D eigenvalue weighted by Gasteiger charge is 2.37. The summed E-state index contributed by atoms with van der Waals surface area (Å²) in [5, 5.41) is 12.2. The van der Waals surface area contributed by atoms with E-state index in [4.69, 9.17) is 0 Å². The Morgan fingerprint density at radius 1 is 1.40 bits per heavy atom. The molecule has 1 aromatic carbocycles. The fraction of sp³-hybridized carbons (Fsp3) is 0.529. The van der Waals surface area contributed by atoms with E-state index in [9.17, 15) is 10.1 Å². The molecule has 0 heterocycles. The van der Waals surface area contributed by atoms with Crippen molar-refractivity contribution >= 4 is 11.6 Å². The van der Waals surface area contributed by atoms with Crippen LogP contribution in [0.15, 0.2) is 18.2 Å². The monoisotopic (exact) mass is 270 g/mol. The lowest BCUT2D eigenvalue weighted by molar-refractivity contribution is -0.124. The van der Waals surface area contributed by atoms with Crippen LogP contribution in [0.1, 0.15) is 50.7 Å². The highest BCUT2D eigenvalue weighted by molar-refractivity contribution is 5.94. The molecule has 0 aliphatic heterocycles. The van der Waals surface area contributed by atoms with Gasteiger partial charge in [-0.15, -0.1) is 0 Å². The number of amides is 1. The quantitative estimate of drug-likeness (QED) is 0.882. The summed E-state index contributed by atoms with van der Waals surface area (Å²) in [7, 11) is 0. The normalized spacial score (nSPS) is 21.0. The van der Waals surface area contributed by atoms with E-state index in [1.165, 1.54) is 6.42 Å². The third-order valence-electron chi connectivity index (χ3n) is 4.47. The van der Waals surface area contributed by atoms with E-state index in [-0.39, 0.29) is 17.2 Å². The first-order chi connectivity index (χ1) is 9.45. The maximum absolute atomic E-state index is 12.5. The standard InChI is InChI=1S/C17H22N2O/c1-12-7-6-9-15(13(12)11-18)19-16(20)14-8-4-5-10-17(14,2)3/h6-7,9,14H,4-5,8,10H2,1-3H3,(H,19,20). The summed E-state index contributed by atoms with van der Waals surface area (Å²) < 4.78 is 0. The fourth-order valence-corrected chi connectivity index (χ4v) is 3.12. The largest absolute Gasteiger partial charge is 0.325 e. The van der Waals surface area contributed by atoms with Gasteiger partial charge in [0, 0.05) is 5.92 Å². The zero-order chi connectivity index (χ0) is 14.8. The highest BCUT2D eigenvalue weighted by Crippen LogP contribution is 2.41. The number of nitriles is 1. The number of hydrogen-bond donors (Lipinski definition) is 1. The van der Waals surface area contributed by atoms with Gasteiger partial charge in [-0.25, -0.2) is 0 Å². The van der Waals surface area contributed by atoms with Crippen LogP contribution in [-0.2, 0) is 4.79 Å². The van der Waals surface area contributed by atoms with Gasteiger partial charge in [0.15, 0.2) is 0 Å².